The van der Waals surface area contributed by atoms with Gasteiger partial charge in [-0.15, -0.1) is 0 Å². The van der Waals surface area contributed by atoms with Gasteiger partial charge < -0.3 is 9.73 Å². The van der Waals surface area contributed by atoms with Crippen molar-refractivity contribution in [3.63, 3.8) is 0 Å². The van der Waals surface area contributed by atoms with Gasteiger partial charge in [-0.05, 0) is 31.2 Å². The predicted molar refractivity (Wildman–Crippen MR) is 76.3 cm³/mol. The van der Waals surface area contributed by atoms with E-state index in [0.29, 0.717) is 11.5 Å². The van der Waals surface area contributed by atoms with Crippen LogP contribution in [-0.2, 0) is 0 Å². The summed E-state index contributed by atoms with van der Waals surface area (Å²) in [5, 5.41) is 2.88. The summed E-state index contributed by atoms with van der Waals surface area (Å²) in [6.45, 7) is 1.85. The van der Waals surface area contributed by atoms with Crippen molar-refractivity contribution < 1.29 is 9.21 Å². The lowest BCUT2D eigenvalue weighted by Crippen LogP contribution is -2.26. The predicted octanol–water partition coefficient (Wildman–Crippen LogP) is 3.32. The van der Waals surface area contributed by atoms with Crippen molar-refractivity contribution in [3.8, 4) is 0 Å². The lowest BCUT2D eigenvalue weighted by Gasteiger charge is -2.10. The fourth-order valence-corrected chi connectivity index (χ4v) is 2.01. The van der Waals surface area contributed by atoms with Gasteiger partial charge in [-0.3, -0.25) is 4.79 Å². The molecule has 0 saturated carbocycles. The molecule has 3 rings (SSSR count). The minimum atomic E-state index is -0.282. The zero-order valence-corrected chi connectivity index (χ0v) is 11.0. The molecular formula is C16H14N2O2. The van der Waals surface area contributed by atoms with Gasteiger partial charge in [-0.25, -0.2) is 4.98 Å². The number of benzene rings is 2. The number of fused-ring (bicyclic) bond motifs is 1. The minimum Gasteiger partial charge on any atom is -0.438 e. The largest absolute Gasteiger partial charge is 0.438 e. The summed E-state index contributed by atoms with van der Waals surface area (Å²) in [7, 11) is 0. The Hall–Kier alpha value is -2.62. The average Bonchev–Trinajstić information content (AvgIpc) is 2.92. The van der Waals surface area contributed by atoms with Gasteiger partial charge >= 0.3 is 0 Å². The van der Waals surface area contributed by atoms with E-state index in [1.165, 1.54) is 0 Å². The molecule has 1 N–H and O–H groups in total. The zero-order chi connectivity index (χ0) is 13.9. The number of para-hydroxylation sites is 2. The molecule has 0 aliphatic heterocycles. The molecule has 4 heteroatoms. The molecule has 0 aliphatic rings. The minimum absolute atomic E-state index is 0.139. The van der Waals surface area contributed by atoms with E-state index in [4.69, 9.17) is 4.42 Å². The molecule has 1 aromatic heterocycles. The monoisotopic (exact) mass is 266 g/mol. The molecule has 3 aromatic rings. The molecule has 100 valence electrons. The Kier molecular flexibility index (Phi) is 3.21. The number of hydrogen-bond donors (Lipinski definition) is 1. The first kappa shape index (κ1) is 12.4. The van der Waals surface area contributed by atoms with E-state index < -0.39 is 0 Å². The summed E-state index contributed by atoms with van der Waals surface area (Å²) in [5.41, 5.74) is 2.14. The molecular weight excluding hydrogens is 252 g/mol. The van der Waals surface area contributed by atoms with Crippen LogP contribution in [0.25, 0.3) is 11.1 Å². The van der Waals surface area contributed by atoms with E-state index in [1.54, 1.807) is 12.1 Å². The number of carbonyl (C=O) groups excluding carboxylic acids is 1. The topological polar surface area (TPSA) is 55.1 Å². The molecule has 20 heavy (non-hydrogen) atoms. The maximum atomic E-state index is 12.1. The van der Waals surface area contributed by atoms with E-state index in [2.05, 4.69) is 10.3 Å². The summed E-state index contributed by atoms with van der Waals surface area (Å²) in [4.78, 5) is 16.4. The van der Waals surface area contributed by atoms with Crippen molar-refractivity contribution in [1.29, 1.82) is 0 Å². The summed E-state index contributed by atoms with van der Waals surface area (Å²) >= 11 is 0. The maximum absolute atomic E-state index is 12.1. The number of nitrogens with zero attached hydrogens (tertiary/aromatic N) is 1. The van der Waals surface area contributed by atoms with E-state index in [0.717, 1.165) is 11.1 Å². The van der Waals surface area contributed by atoms with Gasteiger partial charge in [0, 0.05) is 5.56 Å². The molecule has 1 amide bonds. The first-order valence-electron chi connectivity index (χ1n) is 6.45. The Labute approximate surface area is 116 Å². The van der Waals surface area contributed by atoms with Crippen LogP contribution in [0.5, 0.6) is 0 Å². The standard InChI is InChI=1S/C16H14N2O2/c1-11(17-15(19)12-7-3-2-4-8-12)16-18-13-9-5-6-10-14(13)20-16/h2-11H,1H3,(H,17,19). The van der Waals surface area contributed by atoms with Crippen LogP contribution in [-0.4, -0.2) is 10.9 Å². The second-order valence-electron chi connectivity index (χ2n) is 4.58. The third-order valence-electron chi connectivity index (χ3n) is 3.06. The van der Waals surface area contributed by atoms with Crippen molar-refractivity contribution in [2.24, 2.45) is 0 Å². The Morgan fingerprint density at radius 1 is 1.10 bits per heavy atom. The number of hydrogen-bond acceptors (Lipinski definition) is 3. The van der Waals surface area contributed by atoms with Crippen LogP contribution in [0.4, 0.5) is 0 Å². The summed E-state index contributed by atoms with van der Waals surface area (Å²) in [6.07, 6.45) is 0. The molecule has 0 fully saturated rings. The van der Waals surface area contributed by atoms with Crippen LogP contribution >= 0.6 is 0 Å². The highest BCUT2D eigenvalue weighted by atomic mass is 16.3. The van der Waals surface area contributed by atoms with Crippen LogP contribution in [0, 0.1) is 0 Å². The van der Waals surface area contributed by atoms with Gasteiger partial charge in [0.25, 0.3) is 5.91 Å². The Morgan fingerprint density at radius 2 is 1.80 bits per heavy atom. The Morgan fingerprint density at radius 3 is 2.55 bits per heavy atom. The number of aromatic nitrogens is 1. The zero-order valence-electron chi connectivity index (χ0n) is 11.0. The lowest BCUT2D eigenvalue weighted by atomic mass is 10.2. The van der Waals surface area contributed by atoms with Crippen LogP contribution < -0.4 is 5.32 Å². The first-order chi connectivity index (χ1) is 9.74. The highest BCUT2D eigenvalue weighted by molar-refractivity contribution is 5.94. The smallest absolute Gasteiger partial charge is 0.251 e. The molecule has 0 spiro atoms. The molecule has 1 heterocycles. The summed E-state index contributed by atoms with van der Waals surface area (Å²) in [6, 6.07) is 16.3. The van der Waals surface area contributed by atoms with Gasteiger partial charge in [0.05, 0.1) is 0 Å². The average molecular weight is 266 g/mol. The lowest BCUT2D eigenvalue weighted by molar-refractivity contribution is 0.0934. The normalized spacial score (nSPS) is 12.2. The second-order valence-corrected chi connectivity index (χ2v) is 4.58. The third-order valence-corrected chi connectivity index (χ3v) is 3.06. The highest BCUT2D eigenvalue weighted by Crippen LogP contribution is 2.19. The van der Waals surface area contributed by atoms with Gasteiger partial charge in [-0.2, -0.15) is 0 Å². The number of rotatable bonds is 3. The Bertz CT molecular complexity index is 701. The molecule has 0 bridgehead atoms. The van der Waals surface area contributed by atoms with Crippen molar-refractivity contribution in [2.75, 3.05) is 0 Å². The third kappa shape index (κ3) is 2.40. The number of nitrogens with one attached hydrogen (secondary N) is 1. The van der Waals surface area contributed by atoms with E-state index >= 15 is 0 Å². The van der Waals surface area contributed by atoms with Gasteiger partial charge in [-0.1, -0.05) is 30.3 Å². The first-order valence-corrected chi connectivity index (χ1v) is 6.45. The van der Waals surface area contributed by atoms with Crippen molar-refractivity contribution in [3.05, 3.63) is 66.1 Å². The molecule has 0 saturated heterocycles. The molecule has 1 atom stereocenters. The fraction of sp³-hybridized carbons (Fsp3) is 0.125. The molecule has 1 unspecified atom stereocenters. The highest BCUT2D eigenvalue weighted by Gasteiger charge is 2.16. The molecule has 0 radical (unpaired) electrons. The SMILES string of the molecule is CC(NC(=O)c1ccccc1)c1nc2ccccc2o1. The van der Waals surface area contributed by atoms with Crippen LogP contribution in [0.15, 0.2) is 59.0 Å². The molecule has 0 aliphatic carbocycles. The van der Waals surface area contributed by atoms with Crippen molar-refractivity contribution >= 4 is 17.0 Å². The maximum Gasteiger partial charge on any atom is 0.251 e. The van der Waals surface area contributed by atoms with Gasteiger partial charge in [0.15, 0.2) is 5.58 Å². The van der Waals surface area contributed by atoms with E-state index in [1.807, 2.05) is 49.4 Å². The van der Waals surface area contributed by atoms with Crippen molar-refractivity contribution in [2.45, 2.75) is 13.0 Å². The summed E-state index contributed by atoms with van der Waals surface area (Å²) < 4.78 is 5.64. The Balaban J connectivity index is 1.79. The van der Waals surface area contributed by atoms with Crippen LogP contribution in [0.1, 0.15) is 29.2 Å². The number of carbonyl (C=O) groups is 1. The fourth-order valence-electron chi connectivity index (χ4n) is 2.01. The van der Waals surface area contributed by atoms with Crippen LogP contribution in [0.2, 0.25) is 0 Å². The summed E-state index contributed by atoms with van der Waals surface area (Å²) in [5.74, 6) is 0.371. The van der Waals surface area contributed by atoms with Crippen molar-refractivity contribution in [1.82, 2.24) is 10.3 Å². The van der Waals surface area contributed by atoms with Gasteiger partial charge in [0.1, 0.15) is 11.6 Å². The van der Waals surface area contributed by atoms with Crippen LogP contribution in [0.3, 0.4) is 0 Å². The van der Waals surface area contributed by atoms with E-state index in [9.17, 15) is 4.79 Å². The molecule has 4 nitrogen and oxygen atoms in total. The molecule has 2 aromatic carbocycles. The number of amides is 1. The quantitative estimate of drug-likeness (QED) is 0.791. The number of oxazole rings is 1. The second kappa shape index (κ2) is 5.17. The van der Waals surface area contributed by atoms with Gasteiger partial charge in [0.2, 0.25) is 5.89 Å². The van der Waals surface area contributed by atoms with E-state index in [-0.39, 0.29) is 11.9 Å².